The van der Waals surface area contributed by atoms with Gasteiger partial charge in [-0.3, -0.25) is 4.79 Å². The summed E-state index contributed by atoms with van der Waals surface area (Å²) in [4.78, 5) is 18.8. The SMILES string of the molecule is CCOC1(COC)N=c2ccc(=C3C(=O)C(c4ccc5c6c(cccc46)NC(COC)(COC)N5)=C3O)c3cccc(c23)N1. The largest absolute Gasteiger partial charge is 0.506 e. The smallest absolute Gasteiger partial charge is 0.261 e. The summed E-state index contributed by atoms with van der Waals surface area (Å²) in [5, 5.41) is 26.8. The normalized spacial score (nSPS) is 21.0. The van der Waals surface area contributed by atoms with Crippen molar-refractivity contribution < 1.29 is 28.8 Å². The lowest BCUT2D eigenvalue weighted by Crippen LogP contribution is -2.55. The Morgan fingerprint density at radius 3 is 2.07 bits per heavy atom. The van der Waals surface area contributed by atoms with Crippen molar-refractivity contribution in [1.29, 1.82) is 0 Å². The molecule has 44 heavy (non-hydrogen) atoms. The van der Waals surface area contributed by atoms with Crippen molar-refractivity contribution in [3.63, 3.8) is 0 Å². The standard InChI is InChI=1S/C34H34N4O6/c1-5-44-34(18-43-4)37-24-11-7-9-20-22(13-15-26(38-34)28(20)24)30-31(39)29(32(30)40)21-12-14-25-27-19(21)8-6-10-23(27)35-33(36-25,16-41-2)17-42-3/h6-15,35-37,39H,5,16-18H2,1-4H3. The van der Waals surface area contributed by atoms with Gasteiger partial charge in [0.2, 0.25) is 5.78 Å². The molecular weight excluding hydrogens is 560 g/mol. The van der Waals surface area contributed by atoms with Crippen LogP contribution in [0.1, 0.15) is 12.5 Å². The number of carbonyl (C=O) groups excluding carboxylic acids is 1. The van der Waals surface area contributed by atoms with Gasteiger partial charge in [0, 0.05) is 55.8 Å². The summed E-state index contributed by atoms with van der Waals surface area (Å²) < 4.78 is 22.4. The molecule has 0 bridgehead atoms. The second-order valence-corrected chi connectivity index (χ2v) is 11.3. The van der Waals surface area contributed by atoms with Crippen molar-refractivity contribution in [2.24, 2.45) is 4.99 Å². The second kappa shape index (κ2) is 10.6. The molecule has 0 spiro atoms. The van der Waals surface area contributed by atoms with Crippen molar-refractivity contribution in [2.75, 3.05) is 63.7 Å². The lowest BCUT2D eigenvalue weighted by Gasteiger charge is -2.40. The van der Waals surface area contributed by atoms with E-state index in [1.807, 2.05) is 67.6 Å². The molecule has 10 heteroatoms. The Bertz CT molecular complexity index is 1980. The third kappa shape index (κ3) is 4.17. The number of ketones is 1. The lowest BCUT2D eigenvalue weighted by atomic mass is 9.79. The van der Waals surface area contributed by atoms with E-state index in [1.54, 1.807) is 21.3 Å². The van der Waals surface area contributed by atoms with Crippen LogP contribution in [0.3, 0.4) is 0 Å². The van der Waals surface area contributed by atoms with Crippen LogP contribution in [-0.2, 0) is 23.7 Å². The quantitative estimate of drug-likeness (QED) is 0.229. The van der Waals surface area contributed by atoms with E-state index in [0.29, 0.717) is 36.2 Å². The molecule has 1 atom stereocenters. The van der Waals surface area contributed by atoms with Crippen molar-refractivity contribution in [1.82, 2.24) is 0 Å². The topological polar surface area (TPSA) is 123 Å². The minimum Gasteiger partial charge on any atom is -0.506 e. The van der Waals surface area contributed by atoms with Gasteiger partial charge in [0.25, 0.3) is 5.85 Å². The number of nitrogens with one attached hydrogen (secondary N) is 3. The number of Topliss-reactive ketones (excluding diaryl/α,β-unsaturated/α-hetero) is 1. The Labute approximate surface area is 254 Å². The van der Waals surface area contributed by atoms with Crippen LogP contribution in [0.5, 0.6) is 0 Å². The maximum Gasteiger partial charge on any atom is 0.261 e. The molecular formula is C34H34N4O6. The summed E-state index contributed by atoms with van der Waals surface area (Å²) in [6.45, 7) is 3.32. The zero-order chi connectivity index (χ0) is 30.6. The number of hydrogen-bond donors (Lipinski definition) is 4. The highest BCUT2D eigenvalue weighted by molar-refractivity contribution is 6.53. The number of allylic oxidation sites excluding steroid dienone is 2. The van der Waals surface area contributed by atoms with Crippen LogP contribution in [0.25, 0.3) is 32.7 Å². The minimum absolute atomic E-state index is 0.0231. The van der Waals surface area contributed by atoms with E-state index < -0.39 is 11.5 Å². The van der Waals surface area contributed by atoms with E-state index in [1.165, 1.54) is 0 Å². The van der Waals surface area contributed by atoms with Gasteiger partial charge in [0.05, 0.1) is 29.7 Å². The zero-order valence-corrected chi connectivity index (χ0v) is 25.0. The molecule has 0 aromatic heterocycles. The average Bonchev–Trinajstić information content (AvgIpc) is 3.00. The first-order chi connectivity index (χ1) is 21.4. The summed E-state index contributed by atoms with van der Waals surface area (Å²) in [6, 6.07) is 19.2. The molecule has 2 aliphatic heterocycles. The summed E-state index contributed by atoms with van der Waals surface area (Å²) in [7, 11) is 4.90. The monoisotopic (exact) mass is 594 g/mol. The van der Waals surface area contributed by atoms with Crippen molar-refractivity contribution in [2.45, 2.75) is 18.4 Å². The molecule has 7 rings (SSSR count). The predicted octanol–water partition coefficient (Wildman–Crippen LogP) is 3.90. The van der Waals surface area contributed by atoms with Crippen LogP contribution in [0, 0.1) is 0 Å². The molecule has 1 aliphatic carbocycles. The number of rotatable bonds is 9. The molecule has 226 valence electrons. The number of aliphatic hydroxyl groups is 1. The van der Waals surface area contributed by atoms with Gasteiger partial charge >= 0.3 is 0 Å². The van der Waals surface area contributed by atoms with Crippen LogP contribution in [0.4, 0.5) is 17.1 Å². The maximum atomic E-state index is 13.9. The number of carbonyl (C=O) groups is 1. The molecule has 10 nitrogen and oxygen atoms in total. The fraction of sp³-hybridized carbons (Fsp3) is 0.294. The lowest BCUT2D eigenvalue weighted by molar-refractivity contribution is -0.109. The Hall–Kier alpha value is -4.48. The van der Waals surface area contributed by atoms with Crippen molar-refractivity contribution in [3.8, 4) is 0 Å². The van der Waals surface area contributed by atoms with E-state index in [0.717, 1.165) is 44.0 Å². The Morgan fingerprint density at radius 2 is 1.41 bits per heavy atom. The molecule has 2 heterocycles. The second-order valence-electron chi connectivity index (χ2n) is 11.3. The van der Waals surface area contributed by atoms with E-state index in [-0.39, 0.29) is 23.7 Å². The van der Waals surface area contributed by atoms with Crippen LogP contribution in [0.2, 0.25) is 0 Å². The number of aliphatic hydroxyl groups excluding tert-OH is 1. The number of hydrogen-bond acceptors (Lipinski definition) is 10. The molecule has 1 unspecified atom stereocenters. The first kappa shape index (κ1) is 28.3. The van der Waals surface area contributed by atoms with Gasteiger partial charge in [0.1, 0.15) is 12.4 Å². The molecule has 4 aromatic rings. The number of nitrogens with zero attached hydrogens (tertiary/aromatic N) is 1. The number of ether oxygens (including phenoxy) is 4. The molecule has 3 aliphatic rings. The van der Waals surface area contributed by atoms with Gasteiger partial charge in [-0.25, -0.2) is 4.99 Å². The summed E-state index contributed by atoms with van der Waals surface area (Å²) in [6.07, 6.45) is 0. The molecule has 4 N–H and O–H groups in total. The third-order valence-corrected chi connectivity index (χ3v) is 8.41. The third-order valence-electron chi connectivity index (χ3n) is 8.41. The molecule has 0 fully saturated rings. The molecule has 4 aromatic carbocycles. The summed E-state index contributed by atoms with van der Waals surface area (Å²) in [5.74, 6) is -1.28. The zero-order valence-electron chi connectivity index (χ0n) is 25.0. The van der Waals surface area contributed by atoms with Crippen LogP contribution in [0.15, 0.2) is 71.4 Å². The Morgan fingerprint density at radius 1 is 0.750 bits per heavy atom. The minimum atomic E-state index is -1.05. The van der Waals surface area contributed by atoms with Gasteiger partial charge in [-0.05, 0) is 52.7 Å². The van der Waals surface area contributed by atoms with Gasteiger partial charge in [0.15, 0.2) is 5.66 Å². The number of methoxy groups -OCH3 is 3. The summed E-state index contributed by atoms with van der Waals surface area (Å²) >= 11 is 0. The summed E-state index contributed by atoms with van der Waals surface area (Å²) in [5.41, 5.74) is 3.21. The Kier molecular flexibility index (Phi) is 6.82. The first-order valence-electron chi connectivity index (χ1n) is 14.5. The van der Waals surface area contributed by atoms with E-state index in [9.17, 15) is 9.90 Å². The van der Waals surface area contributed by atoms with E-state index in [4.69, 9.17) is 23.9 Å². The highest BCUT2D eigenvalue weighted by Gasteiger charge is 2.40. The number of benzene rings is 4. The predicted molar refractivity (Wildman–Crippen MR) is 170 cm³/mol. The number of anilines is 3. The van der Waals surface area contributed by atoms with Crippen LogP contribution >= 0.6 is 0 Å². The highest BCUT2D eigenvalue weighted by Crippen LogP contribution is 2.45. The van der Waals surface area contributed by atoms with E-state index in [2.05, 4.69) is 16.0 Å². The molecule has 0 saturated heterocycles. The maximum absolute atomic E-state index is 13.9. The van der Waals surface area contributed by atoms with E-state index >= 15 is 0 Å². The van der Waals surface area contributed by atoms with Gasteiger partial charge in [-0.1, -0.05) is 36.4 Å². The Balaban J connectivity index is 1.37. The van der Waals surface area contributed by atoms with Crippen LogP contribution < -0.4 is 26.5 Å². The fourth-order valence-corrected chi connectivity index (χ4v) is 6.81. The molecule has 0 radical (unpaired) electrons. The van der Waals surface area contributed by atoms with Gasteiger partial charge in [-0.15, -0.1) is 0 Å². The molecule has 0 saturated carbocycles. The van der Waals surface area contributed by atoms with Crippen molar-refractivity contribution >= 4 is 55.5 Å². The van der Waals surface area contributed by atoms with Crippen molar-refractivity contribution in [3.05, 3.63) is 82.6 Å². The average molecular weight is 595 g/mol. The molecule has 0 amide bonds. The van der Waals surface area contributed by atoms with Gasteiger partial charge < -0.3 is 40.0 Å². The highest BCUT2D eigenvalue weighted by atomic mass is 16.6. The van der Waals surface area contributed by atoms with Gasteiger partial charge in [-0.2, -0.15) is 0 Å². The first-order valence-corrected chi connectivity index (χ1v) is 14.5. The van der Waals surface area contributed by atoms with Crippen LogP contribution in [-0.4, -0.2) is 70.2 Å². The fourth-order valence-electron chi connectivity index (χ4n) is 6.81.